The van der Waals surface area contributed by atoms with Gasteiger partial charge in [-0.1, -0.05) is 56.3 Å². The minimum atomic E-state index is -3.44. The summed E-state index contributed by atoms with van der Waals surface area (Å²) in [5, 5.41) is 0. The average Bonchev–Trinajstić information content (AvgIpc) is 2.82. The molecule has 0 bridgehead atoms. The van der Waals surface area contributed by atoms with E-state index in [1.807, 2.05) is 44.2 Å². The largest absolute Gasteiger partial charge is 0.369 e. The summed E-state index contributed by atoms with van der Waals surface area (Å²) < 4.78 is 37.0. The van der Waals surface area contributed by atoms with Gasteiger partial charge >= 0.3 is 0 Å². The van der Waals surface area contributed by atoms with Gasteiger partial charge in [-0.2, -0.15) is 0 Å². The van der Waals surface area contributed by atoms with Gasteiger partial charge in [-0.05, 0) is 18.9 Å². The molecule has 0 amide bonds. The predicted molar refractivity (Wildman–Crippen MR) is 91.7 cm³/mol. The van der Waals surface area contributed by atoms with Crippen molar-refractivity contribution < 1.29 is 17.9 Å². The smallest absolute Gasteiger partial charge is 0.185 e. The minimum absolute atomic E-state index is 0.0357. The summed E-state index contributed by atoms with van der Waals surface area (Å²) in [6, 6.07) is 9.76. The topological polar surface area (TPSA) is 52.6 Å². The standard InChI is InChI=1S/C18H26O4S/c1-5-16-14(4)17(21-11-15-9-7-6-8-10-15)18(22-16)23(19,20)12-13(2)3/h6-10,14,16-18H,2,5,11-12H2,1,3-4H3/t14-,16-,17+,18?/m1/s1. The van der Waals surface area contributed by atoms with Crippen LogP contribution < -0.4 is 0 Å². The number of ether oxygens (including phenoxy) is 2. The molecule has 2 rings (SSSR count). The van der Waals surface area contributed by atoms with E-state index in [1.165, 1.54) is 0 Å². The SMILES string of the molecule is C=C(C)CS(=O)(=O)C1O[C@H](CC)[C@@H](C)[C@@H]1OCc1ccccc1. The van der Waals surface area contributed by atoms with E-state index in [9.17, 15) is 8.42 Å². The van der Waals surface area contributed by atoms with Crippen LogP contribution in [0.3, 0.4) is 0 Å². The molecule has 0 spiro atoms. The van der Waals surface area contributed by atoms with Crippen LogP contribution in [0.25, 0.3) is 0 Å². The van der Waals surface area contributed by atoms with Crippen LogP contribution in [0.5, 0.6) is 0 Å². The van der Waals surface area contributed by atoms with E-state index in [1.54, 1.807) is 6.92 Å². The molecule has 1 aliphatic heterocycles. The number of hydrogen-bond acceptors (Lipinski definition) is 4. The Morgan fingerprint density at radius 1 is 1.30 bits per heavy atom. The fourth-order valence-corrected chi connectivity index (χ4v) is 4.91. The summed E-state index contributed by atoms with van der Waals surface area (Å²) in [5.41, 5.74) is 0.724. The molecule has 1 unspecified atom stereocenters. The molecule has 5 heteroatoms. The molecule has 0 radical (unpaired) electrons. The Balaban J connectivity index is 2.16. The molecule has 1 aromatic rings. The number of rotatable bonds is 7. The van der Waals surface area contributed by atoms with E-state index < -0.39 is 21.4 Å². The maximum absolute atomic E-state index is 12.6. The van der Waals surface area contributed by atoms with Gasteiger partial charge < -0.3 is 9.47 Å². The van der Waals surface area contributed by atoms with Gasteiger partial charge in [0, 0.05) is 5.92 Å². The first-order chi connectivity index (χ1) is 10.8. The van der Waals surface area contributed by atoms with Crippen LogP contribution in [0.1, 0.15) is 32.8 Å². The number of sulfone groups is 1. The van der Waals surface area contributed by atoms with E-state index in [4.69, 9.17) is 9.47 Å². The summed E-state index contributed by atoms with van der Waals surface area (Å²) in [4.78, 5) is 0. The first kappa shape index (κ1) is 18.2. The van der Waals surface area contributed by atoms with Crippen LogP contribution in [0.4, 0.5) is 0 Å². The summed E-state index contributed by atoms with van der Waals surface area (Å²) in [7, 11) is -3.44. The van der Waals surface area contributed by atoms with Crippen molar-refractivity contribution in [3.05, 3.63) is 48.0 Å². The zero-order chi connectivity index (χ0) is 17.0. The molecule has 1 saturated heterocycles. The van der Waals surface area contributed by atoms with Gasteiger partial charge in [0.15, 0.2) is 15.3 Å². The van der Waals surface area contributed by atoms with Crippen molar-refractivity contribution in [3.8, 4) is 0 Å². The van der Waals surface area contributed by atoms with Gasteiger partial charge in [-0.15, -0.1) is 0 Å². The fourth-order valence-electron chi connectivity index (χ4n) is 3.01. The molecule has 0 N–H and O–H groups in total. The Hall–Kier alpha value is -1.17. The summed E-state index contributed by atoms with van der Waals surface area (Å²) >= 11 is 0. The maximum Gasteiger partial charge on any atom is 0.185 e. The summed E-state index contributed by atoms with van der Waals surface area (Å²) in [6.45, 7) is 9.82. The van der Waals surface area contributed by atoms with Crippen molar-refractivity contribution in [1.29, 1.82) is 0 Å². The van der Waals surface area contributed by atoms with Crippen molar-refractivity contribution in [2.45, 2.75) is 51.4 Å². The lowest BCUT2D eigenvalue weighted by atomic mass is 9.99. The van der Waals surface area contributed by atoms with Crippen molar-refractivity contribution in [1.82, 2.24) is 0 Å². The summed E-state index contributed by atoms with van der Waals surface area (Å²) in [6.07, 6.45) is 0.219. The van der Waals surface area contributed by atoms with Gasteiger partial charge in [-0.25, -0.2) is 8.42 Å². The lowest BCUT2D eigenvalue weighted by Crippen LogP contribution is -2.36. The van der Waals surface area contributed by atoms with E-state index in [-0.39, 0.29) is 17.8 Å². The Morgan fingerprint density at radius 2 is 1.96 bits per heavy atom. The third-order valence-electron chi connectivity index (χ3n) is 4.17. The quantitative estimate of drug-likeness (QED) is 0.716. The lowest BCUT2D eigenvalue weighted by molar-refractivity contribution is 0.00160. The summed E-state index contributed by atoms with van der Waals surface area (Å²) in [5.74, 6) is -0.0277. The van der Waals surface area contributed by atoms with Gasteiger partial charge in [0.25, 0.3) is 0 Å². The first-order valence-corrected chi connectivity index (χ1v) is 9.73. The fraction of sp³-hybridized carbons (Fsp3) is 0.556. The van der Waals surface area contributed by atoms with Crippen LogP contribution >= 0.6 is 0 Å². The van der Waals surface area contributed by atoms with Gasteiger partial charge in [0.2, 0.25) is 0 Å². The highest BCUT2D eigenvalue weighted by molar-refractivity contribution is 7.92. The molecular weight excluding hydrogens is 312 g/mol. The molecule has 1 heterocycles. The third-order valence-corrected chi connectivity index (χ3v) is 6.15. The Morgan fingerprint density at radius 3 is 2.52 bits per heavy atom. The molecule has 1 aromatic carbocycles. The molecule has 0 saturated carbocycles. The maximum atomic E-state index is 12.6. The van der Waals surface area contributed by atoms with Crippen molar-refractivity contribution in [2.75, 3.05) is 5.75 Å². The highest BCUT2D eigenvalue weighted by Gasteiger charge is 2.48. The van der Waals surface area contributed by atoms with Crippen LogP contribution in [-0.4, -0.2) is 31.8 Å². The van der Waals surface area contributed by atoms with Crippen LogP contribution in [0, 0.1) is 5.92 Å². The van der Waals surface area contributed by atoms with Crippen molar-refractivity contribution in [2.24, 2.45) is 5.92 Å². The highest BCUT2D eigenvalue weighted by Crippen LogP contribution is 2.35. The Bertz CT molecular complexity index is 624. The second kappa shape index (κ2) is 7.60. The third kappa shape index (κ3) is 4.43. The molecular formula is C18H26O4S. The van der Waals surface area contributed by atoms with E-state index in [0.717, 1.165) is 12.0 Å². The van der Waals surface area contributed by atoms with Crippen molar-refractivity contribution >= 4 is 9.84 Å². The second-order valence-electron chi connectivity index (χ2n) is 6.34. The Labute approximate surface area is 139 Å². The lowest BCUT2D eigenvalue weighted by Gasteiger charge is -2.22. The number of hydrogen-bond donors (Lipinski definition) is 0. The zero-order valence-electron chi connectivity index (χ0n) is 14.1. The molecule has 128 valence electrons. The average molecular weight is 338 g/mol. The van der Waals surface area contributed by atoms with Gasteiger partial charge in [-0.3, -0.25) is 0 Å². The molecule has 1 fully saturated rings. The van der Waals surface area contributed by atoms with Crippen LogP contribution in [0.15, 0.2) is 42.5 Å². The van der Waals surface area contributed by atoms with E-state index in [2.05, 4.69) is 6.58 Å². The van der Waals surface area contributed by atoms with Crippen LogP contribution in [-0.2, 0) is 25.9 Å². The zero-order valence-corrected chi connectivity index (χ0v) is 14.9. The first-order valence-electron chi connectivity index (χ1n) is 8.02. The number of benzene rings is 1. The van der Waals surface area contributed by atoms with E-state index in [0.29, 0.717) is 12.2 Å². The molecule has 0 aliphatic carbocycles. The predicted octanol–water partition coefficient (Wildman–Crippen LogP) is 3.33. The normalized spacial score (nSPS) is 28.0. The molecule has 4 nitrogen and oxygen atoms in total. The van der Waals surface area contributed by atoms with E-state index >= 15 is 0 Å². The van der Waals surface area contributed by atoms with Crippen molar-refractivity contribution in [3.63, 3.8) is 0 Å². The van der Waals surface area contributed by atoms with Gasteiger partial charge in [0.05, 0.1) is 18.5 Å². The second-order valence-corrected chi connectivity index (χ2v) is 8.41. The molecule has 23 heavy (non-hydrogen) atoms. The molecule has 0 aromatic heterocycles. The monoisotopic (exact) mass is 338 g/mol. The van der Waals surface area contributed by atoms with Crippen LogP contribution in [0.2, 0.25) is 0 Å². The minimum Gasteiger partial charge on any atom is -0.369 e. The Kier molecular flexibility index (Phi) is 6.00. The molecule has 4 atom stereocenters. The van der Waals surface area contributed by atoms with Gasteiger partial charge in [0.1, 0.15) is 6.10 Å². The molecule has 1 aliphatic rings. The highest BCUT2D eigenvalue weighted by atomic mass is 32.2.